The largest absolute Gasteiger partial charge is 0.481 e. The van der Waals surface area contributed by atoms with E-state index in [-0.39, 0.29) is 0 Å². The maximum Gasteiger partial charge on any atom is 0.212 e. The summed E-state index contributed by atoms with van der Waals surface area (Å²) < 4.78 is 5.03. The fourth-order valence-corrected chi connectivity index (χ4v) is 2.29. The Kier molecular flexibility index (Phi) is 3.78. The van der Waals surface area contributed by atoms with Crippen LogP contribution in [0.25, 0.3) is 0 Å². The molecule has 88 valence electrons. The van der Waals surface area contributed by atoms with Crippen LogP contribution in [0.5, 0.6) is 5.88 Å². The molecule has 2 atom stereocenters. The van der Waals surface area contributed by atoms with E-state index in [0.717, 1.165) is 12.5 Å². The van der Waals surface area contributed by atoms with Crippen LogP contribution in [-0.2, 0) is 6.54 Å². The first-order valence-corrected chi connectivity index (χ1v) is 6.00. The smallest absolute Gasteiger partial charge is 0.212 e. The number of nitrogens with one attached hydrogen (secondary N) is 1. The molecule has 1 aliphatic carbocycles. The lowest BCUT2D eigenvalue weighted by Crippen LogP contribution is -2.25. The average molecular weight is 220 g/mol. The molecule has 2 rings (SSSR count). The molecule has 1 N–H and O–H groups in total. The minimum Gasteiger partial charge on any atom is -0.481 e. The van der Waals surface area contributed by atoms with Crippen molar-refractivity contribution in [1.29, 1.82) is 0 Å². The predicted molar refractivity (Wildman–Crippen MR) is 64.4 cm³/mol. The summed E-state index contributed by atoms with van der Waals surface area (Å²) in [6.45, 7) is 3.24. The Bertz CT molecular complexity index is 323. The van der Waals surface area contributed by atoms with Gasteiger partial charge in [0, 0.05) is 24.8 Å². The average Bonchev–Trinajstić information content (AvgIpc) is 2.73. The number of nitrogens with zero attached hydrogens (tertiary/aromatic N) is 1. The molecule has 2 unspecified atom stereocenters. The zero-order valence-electron chi connectivity index (χ0n) is 10.1. The van der Waals surface area contributed by atoms with Gasteiger partial charge in [0.2, 0.25) is 5.88 Å². The van der Waals surface area contributed by atoms with Crippen molar-refractivity contribution >= 4 is 0 Å². The Morgan fingerprint density at radius 2 is 2.31 bits per heavy atom. The molecule has 1 fully saturated rings. The SMILES string of the molecule is COc1ccc(CNC2CCC(C)C2)cn1. The van der Waals surface area contributed by atoms with Crippen LogP contribution in [0.2, 0.25) is 0 Å². The summed E-state index contributed by atoms with van der Waals surface area (Å²) in [5.41, 5.74) is 1.22. The van der Waals surface area contributed by atoms with E-state index in [0.29, 0.717) is 11.9 Å². The maximum atomic E-state index is 5.03. The van der Waals surface area contributed by atoms with Crippen molar-refractivity contribution in [3.05, 3.63) is 23.9 Å². The minimum absolute atomic E-state index is 0.679. The van der Waals surface area contributed by atoms with E-state index in [9.17, 15) is 0 Å². The third-order valence-corrected chi connectivity index (χ3v) is 3.30. The van der Waals surface area contributed by atoms with Gasteiger partial charge in [-0.2, -0.15) is 0 Å². The molecule has 0 aromatic carbocycles. The second-order valence-electron chi connectivity index (χ2n) is 4.70. The molecule has 1 aromatic rings. The first-order chi connectivity index (χ1) is 7.78. The first kappa shape index (κ1) is 11.4. The van der Waals surface area contributed by atoms with Gasteiger partial charge in [-0.05, 0) is 30.7 Å². The van der Waals surface area contributed by atoms with Crippen molar-refractivity contribution < 1.29 is 4.74 Å². The summed E-state index contributed by atoms with van der Waals surface area (Å²) in [6.07, 6.45) is 5.86. The molecule has 0 aliphatic heterocycles. The van der Waals surface area contributed by atoms with Gasteiger partial charge in [-0.15, -0.1) is 0 Å². The van der Waals surface area contributed by atoms with Gasteiger partial charge in [0.05, 0.1) is 7.11 Å². The van der Waals surface area contributed by atoms with Crippen molar-refractivity contribution in [2.24, 2.45) is 5.92 Å². The van der Waals surface area contributed by atoms with E-state index in [1.165, 1.54) is 24.8 Å². The molecule has 0 amide bonds. The maximum absolute atomic E-state index is 5.03. The van der Waals surface area contributed by atoms with E-state index >= 15 is 0 Å². The van der Waals surface area contributed by atoms with Crippen LogP contribution in [-0.4, -0.2) is 18.1 Å². The van der Waals surface area contributed by atoms with E-state index in [2.05, 4.69) is 23.3 Å². The zero-order valence-corrected chi connectivity index (χ0v) is 10.1. The predicted octanol–water partition coefficient (Wildman–Crippen LogP) is 2.37. The molecule has 0 radical (unpaired) electrons. The monoisotopic (exact) mass is 220 g/mol. The van der Waals surface area contributed by atoms with Crippen molar-refractivity contribution in [2.75, 3.05) is 7.11 Å². The molecule has 3 nitrogen and oxygen atoms in total. The number of ether oxygens (including phenoxy) is 1. The highest BCUT2D eigenvalue weighted by atomic mass is 16.5. The summed E-state index contributed by atoms with van der Waals surface area (Å²) in [7, 11) is 1.64. The second-order valence-corrected chi connectivity index (χ2v) is 4.70. The summed E-state index contributed by atoms with van der Waals surface area (Å²) in [5, 5.41) is 3.58. The molecule has 3 heteroatoms. The number of hydrogen-bond donors (Lipinski definition) is 1. The Morgan fingerprint density at radius 3 is 2.88 bits per heavy atom. The molecular weight excluding hydrogens is 200 g/mol. The Labute approximate surface area is 97.2 Å². The molecule has 0 saturated heterocycles. The summed E-state index contributed by atoms with van der Waals surface area (Å²) >= 11 is 0. The lowest BCUT2D eigenvalue weighted by atomic mass is 10.1. The molecule has 1 aromatic heterocycles. The molecule has 0 bridgehead atoms. The zero-order chi connectivity index (χ0) is 11.4. The third-order valence-electron chi connectivity index (χ3n) is 3.30. The normalized spacial score (nSPS) is 24.6. The van der Waals surface area contributed by atoms with E-state index in [1.807, 2.05) is 12.3 Å². The van der Waals surface area contributed by atoms with Crippen LogP contribution >= 0.6 is 0 Å². The van der Waals surface area contributed by atoms with Gasteiger partial charge >= 0.3 is 0 Å². The van der Waals surface area contributed by atoms with Gasteiger partial charge in [-0.25, -0.2) is 4.98 Å². The highest BCUT2D eigenvalue weighted by molar-refractivity contribution is 5.17. The molecular formula is C13H20N2O. The second kappa shape index (κ2) is 5.30. The fourth-order valence-electron chi connectivity index (χ4n) is 2.29. The summed E-state index contributed by atoms with van der Waals surface area (Å²) in [4.78, 5) is 4.20. The van der Waals surface area contributed by atoms with Crippen molar-refractivity contribution in [3.63, 3.8) is 0 Å². The third kappa shape index (κ3) is 2.95. The molecule has 0 spiro atoms. The van der Waals surface area contributed by atoms with Crippen LogP contribution < -0.4 is 10.1 Å². The summed E-state index contributed by atoms with van der Waals surface area (Å²) in [5.74, 6) is 1.56. The van der Waals surface area contributed by atoms with Crippen LogP contribution in [0.4, 0.5) is 0 Å². The van der Waals surface area contributed by atoms with Gasteiger partial charge < -0.3 is 10.1 Å². The number of rotatable bonds is 4. The Balaban J connectivity index is 1.80. The van der Waals surface area contributed by atoms with Crippen LogP contribution in [0, 0.1) is 5.92 Å². The quantitative estimate of drug-likeness (QED) is 0.846. The van der Waals surface area contributed by atoms with Gasteiger partial charge in [0.1, 0.15) is 0 Å². The van der Waals surface area contributed by atoms with E-state index in [4.69, 9.17) is 4.74 Å². The standard InChI is InChI=1S/C13H20N2O/c1-10-3-5-12(7-10)14-8-11-4-6-13(16-2)15-9-11/h4,6,9-10,12,14H,3,5,7-8H2,1-2H3. The lowest BCUT2D eigenvalue weighted by molar-refractivity contribution is 0.397. The van der Waals surface area contributed by atoms with Gasteiger partial charge in [-0.1, -0.05) is 13.0 Å². The molecule has 1 aliphatic rings. The van der Waals surface area contributed by atoms with E-state index in [1.54, 1.807) is 7.11 Å². The Morgan fingerprint density at radius 1 is 1.44 bits per heavy atom. The molecule has 1 heterocycles. The number of aromatic nitrogens is 1. The topological polar surface area (TPSA) is 34.1 Å². The fraction of sp³-hybridized carbons (Fsp3) is 0.615. The highest BCUT2D eigenvalue weighted by Gasteiger charge is 2.20. The highest BCUT2D eigenvalue weighted by Crippen LogP contribution is 2.24. The van der Waals surface area contributed by atoms with Gasteiger partial charge in [-0.3, -0.25) is 0 Å². The minimum atomic E-state index is 0.679. The van der Waals surface area contributed by atoms with Gasteiger partial charge in [0.25, 0.3) is 0 Å². The number of pyridine rings is 1. The summed E-state index contributed by atoms with van der Waals surface area (Å²) in [6, 6.07) is 4.67. The van der Waals surface area contributed by atoms with Crippen molar-refractivity contribution in [2.45, 2.75) is 38.8 Å². The number of methoxy groups -OCH3 is 1. The van der Waals surface area contributed by atoms with Crippen LogP contribution in [0.15, 0.2) is 18.3 Å². The first-order valence-electron chi connectivity index (χ1n) is 6.00. The molecule has 16 heavy (non-hydrogen) atoms. The van der Waals surface area contributed by atoms with Crippen LogP contribution in [0.1, 0.15) is 31.7 Å². The van der Waals surface area contributed by atoms with Crippen molar-refractivity contribution in [1.82, 2.24) is 10.3 Å². The van der Waals surface area contributed by atoms with Crippen molar-refractivity contribution in [3.8, 4) is 5.88 Å². The van der Waals surface area contributed by atoms with Gasteiger partial charge in [0.15, 0.2) is 0 Å². The lowest BCUT2D eigenvalue weighted by Gasteiger charge is -2.12. The van der Waals surface area contributed by atoms with Crippen LogP contribution in [0.3, 0.4) is 0 Å². The molecule has 1 saturated carbocycles. The number of hydrogen-bond acceptors (Lipinski definition) is 3. The van der Waals surface area contributed by atoms with E-state index < -0.39 is 0 Å². The Hall–Kier alpha value is -1.09.